The molecule has 0 saturated carbocycles. The molecule has 9 nitrogen and oxygen atoms in total. The van der Waals surface area contributed by atoms with Crippen LogP contribution < -0.4 is 14.4 Å². The van der Waals surface area contributed by atoms with Crippen molar-refractivity contribution in [3.8, 4) is 5.75 Å². The summed E-state index contributed by atoms with van der Waals surface area (Å²) in [5.41, 5.74) is 1.01. The predicted octanol–water partition coefficient (Wildman–Crippen LogP) is 2.39. The Bertz CT molecular complexity index is 1230. The lowest BCUT2D eigenvalue weighted by atomic mass is 10.2. The van der Waals surface area contributed by atoms with Crippen LogP contribution in [0.1, 0.15) is 18.4 Å². The highest BCUT2D eigenvalue weighted by molar-refractivity contribution is 7.92. The van der Waals surface area contributed by atoms with Gasteiger partial charge in [-0.2, -0.15) is 4.31 Å². The number of benzene rings is 2. The van der Waals surface area contributed by atoms with Crippen LogP contribution in [0.4, 0.5) is 5.69 Å². The first-order valence-electron chi connectivity index (χ1n) is 10.7. The number of rotatable bonds is 10. The van der Waals surface area contributed by atoms with E-state index in [1.807, 2.05) is 0 Å². The molecule has 1 fully saturated rings. The first-order valence-corrected chi connectivity index (χ1v) is 14.4. The molecule has 3 rings (SSSR count). The number of nitrogens with zero attached hydrogens (tertiary/aromatic N) is 2. The van der Waals surface area contributed by atoms with E-state index < -0.39 is 26.0 Å². The van der Waals surface area contributed by atoms with Crippen LogP contribution >= 0.6 is 11.6 Å². The molecule has 0 radical (unpaired) electrons. The minimum Gasteiger partial charge on any atom is -0.492 e. The molecular weight excluding hydrogens is 502 g/mol. The van der Waals surface area contributed by atoms with Crippen molar-refractivity contribution in [3.05, 3.63) is 53.1 Å². The number of amides is 1. The molecule has 0 bridgehead atoms. The zero-order valence-corrected chi connectivity index (χ0v) is 21.4. The molecule has 0 aromatic heterocycles. The third-order valence-corrected chi connectivity index (χ3v) is 8.61. The summed E-state index contributed by atoms with van der Waals surface area (Å²) in [6.07, 6.45) is 2.77. The zero-order valence-electron chi connectivity index (χ0n) is 19.0. The van der Waals surface area contributed by atoms with Crippen molar-refractivity contribution >= 4 is 43.2 Å². The maximum absolute atomic E-state index is 12.6. The average molecular weight is 530 g/mol. The van der Waals surface area contributed by atoms with Crippen LogP contribution in [-0.2, 0) is 24.8 Å². The Kier molecular flexibility index (Phi) is 8.45. The van der Waals surface area contributed by atoms with Gasteiger partial charge in [-0.15, -0.1) is 0 Å². The molecule has 1 heterocycles. The fraction of sp³-hybridized carbons (Fsp3) is 0.409. The van der Waals surface area contributed by atoms with Gasteiger partial charge in [-0.3, -0.25) is 9.10 Å². The third kappa shape index (κ3) is 6.62. The molecule has 1 aliphatic rings. The van der Waals surface area contributed by atoms with E-state index in [1.54, 1.807) is 37.3 Å². The van der Waals surface area contributed by atoms with Crippen LogP contribution in [-0.4, -0.2) is 66.1 Å². The van der Waals surface area contributed by atoms with Gasteiger partial charge in [0.05, 0.1) is 23.4 Å². The van der Waals surface area contributed by atoms with E-state index in [-0.39, 0.29) is 24.6 Å². The highest BCUT2D eigenvalue weighted by atomic mass is 35.5. The molecule has 0 spiro atoms. The number of nitrogens with one attached hydrogen (secondary N) is 1. The van der Waals surface area contributed by atoms with Crippen molar-refractivity contribution in [1.29, 1.82) is 0 Å². The number of aryl methyl sites for hydroxylation is 1. The van der Waals surface area contributed by atoms with Gasteiger partial charge in [0.15, 0.2) is 0 Å². The molecule has 1 aliphatic heterocycles. The van der Waals surface area contributed by atoms with Gasteiger partial charge in [0, 0.05) is 18.1 Å². The molecule has 1 saturated heterocycles. The second-order valence-corrected chi connectivity index (χ2v) is 12.3. The van der Waals surface area contributed by atoms with Gasteiger partial charge >= 0.3 is 0 Å². The topological polar surface area (TPSA) is 113 Å². The number of anilines is 1. The second kappa shape index (κ2) is 10.9. The predicted molar refractivity (Wildman–Crippen MR) is 131 cm³/mol. The Morgan fingerprint density at radius 2 is 1.74 bits per heavy atom. The van der Waals surface area contributed by atoms with Crippen LogP contribution in [0.2, 0.25) is 5.02 Å². The van der Waals surface area contributed by atoms with Crippen molar-refractivity contribution in [3.63, 3.8) is 0 Å². The number of hydrogen-bond acceptors (Lipinski definition) is 6. The maximum Gasteiger partial charge on any atom is 0.243 e. The van der Waals surface area contributed by atoms with Gasteiger partial charge in [-0.05, 0) is 67.8 Å². The smallest absolute Gasteiger partial charge is 0.243 e. The maximum atomic E-state index is 12.6. The molecular formula is C22H28ClN3O6S2. The molecule has 12 heteroatoms. The van der Waals surface area contributed by atoms with Crippen LogP contribution in [0.15, 0.2) is 47.4 Å². The number of sulfonamides is 2. The summed E-state index contributed by atoms with van der Waals surface area (Å²) in [7, 11) is -7.18. The van der Waals surface area contributed by atoms with E-state index in [4.69, 9.17) is 16.3 Å². The Morgan fingerprint density at radius 1 is 1.09 bits per heavy atom. The third-order valence-electron chi connectivity index (χ3n) is 5.33. The molecule has 0 aliphatic carbocycles. The summed E-state index contributed by atoms with van der Waals surface area (Å²) in [5.74, 6) is -0.0281. The average Bonchev–Trinajstić information content (AvgIpc) is 3.31. The summed E-state index contributed by atoms with van der Waals surface area (Å²) >= 11 is 5.94. The molecule has 2 aromatic carbocycles. The normalized spacial score (nSPS) is 14.7. The SMILES string of the molecule is Cc1cc(Cl)ccc1N(CC(=O)NCCOc1ccc(S(=O)(=O)N2CCCC2)cc1)S(C)(=O)=O. The number of carbonyl (C=O) groups is 1. The fourth-order valence-electron chi connectivity index (χ4n) is 3.61. The van der Waals surface area contributed by atoms with Crippen molar-refractivity contribution in [2.24, 2.45) is 0 Å². The standard InChI is InChI=1S/C22H28ClN3O6S2/c1-17-15-18(23)5-10-21(17)26(33(2,28)29)16-22(27)24-11-14-32-19-6-8-20(9-7-19)34(30,31)25-12-3-4-13-25/h5-10,15H,3-4,11-14,16H2,1-2H3,(H,24,27). The highest BCUT2D eigenvalue weighted by Crippen LogP contribution is 2.25. The largest absolute Gasteiger partial charge is 0.492 e. The number of halogens is 1. The van der Waals surface area contributed by atoms with E-state index in [1.165, 1.54) is 16.4 Å². The lowest BCUT2D eigenvalue weighted by molar-refractivity contribution is -0.119. The molecule has 2 aromatic rings. The van der Waals surface area contributed by atoms with Crippen LogP contribution in [0.3, 0.4) is 0 Å². The molecule has 1 N–H and O–H groups in total. The van der Waals surface area contributed by atoms with Crippen LogP contribution in [0.5, 0.6) is 5.75 Å². The summed E-state index contributed by atoms with van der Waals surface area (Å²) in [4.78, 5) is 12.6. The van der Waals surface area contributed by atoms with Crippen LogP contribution in [0, 0.1) is 6.92 Å². The molecule has 34 heavy (non-hydrogen) atoms. The van der Waals surface area contributed by atoms with Crippen LogP contribution in [0.25, 0.3) is 0 Å². The summed E-state index contributed by atoms with van der Waals surface area (Å²) in [6, 6.07) is 10.9. The Morgan fingerprint density at radius 3 is 2.32 bits per heavy atom. The van der Waals surface area contributed by atoms with E-state index >= 15 is 0 Å². The van der Waals surface area contributed by atoms with E-state index in [2.05, 4.69) is 5.32 Å². The summed E-state index contributed by atoms with van der Waals surface area (Å²) in [6.45, 7) is 2.67. The molecule has 186 valence electrons. The number of carbonyl (C=O) groups excluding carboxylic acids is 1. The van der Waals surface area contributed by atoms with Crippen molar-refractivity contribution in [1.82, 2.24) is 9.62 Å². The van der Waals surface area contributed by atoms with Gasteiger partial charge in [0.25, 0.3) is 0 Å². The van der Waals surface area contributed by atoms with Gasteiger partial charge in [-0.25, -0.2) is 16.8 Å². The van der Waals surface area contributed by atoms with E-state index in [0.29, 0.717) is 35.1 Å². The second-order valence-electron chi connectivity index (χ2n) is 7.98. The first-order chi connectivity index (χ1) is 16.0. The fourth-order valence-corrected chi connectivity index (χ4v) is 6.27. The highest BCUT2D eigenvalue weighted by Gasteiger charge is 2.27. The Hall–Kier alpha value is -2.34. The quantitative estimate of drug-likeness (QED) is 0.473. The lowest BCUT2D eigenvalue weighted by Crippen LogP contribution is -2.41. The van der Waals surface area contributed by atoms with Gasteiger partial charge in [-0.1, -0.05) is 11.6 Å². The Labute approximate surface area is 205 Å². The van der Waals surface area contributed by atoms with Crippen molar-refractivity contribution in [2.75, 3.05) is 43.3 Å². The van der Waals surface area contributed by atoms with Crippen molar-refractivity contribution in [2.45, 2.75) is 24.7 Å². The van der Waals surface area contributed by atoms with Gasteiger partial charge < -0.3 is 10.1 Å². The van der Waals surface area contributed by atoms with Gasteiger partial charge in [0.1, 0.15) is 18.9 Å². The number of hydrogen-bond donors (Lipinski definition) is 1. The molecule has 0 atom stereocenters. The molecule has 0 unspecified atom stereocenters. The molecule has 1 amide bonds. The number of ether oxygens (including phenoxy) is 1. The van der Waals surface area contributed by atoms with Crippen molar-refractivity contribution < 1.29 is 26.4 Å². The summed E-state index contributed by atoms with van der Waals surface area (Å²) in [5, 5.41) is 3.10. The van der Waals surface area contributed by atoms with E-state index in [0.717, 1.165) is 23.4 Å². The zero-order chi connectivity index (χ0) is 24.9. The minimum atomic E-state index is -3.70. The monoisotopic (exact) mass is 529 g/mol. The lowest BCUT2D eigenvalue weighted by Gasteiger charge is -2.23. The van der Waals surface area contributed by atoms with E-state index in [9.17, 15) is 21.6 Å². The minimum absolute atomic E-state index is 0.128. The summed E-state index contributed by atoms with van der Waals surface area (Å²) < 4.78 is 57.7. The first kappa shape index (κ1) is 26.3. The van der Waals surface area contributed by atoms with Gasteiger partial charge in [0.2, 0.25) is 26.0 Å². The Balaban J connectivity index is 1.51.